The Morgan fingerprint density at radius 2 is 2.33 bits per heavy atom. The first-order chi connectivity index (χ1) is 8.54. The van der Waals surface area contributed by atoms with Crippen LogP contribution in [0.1, 0.15) is 20.9 Å². The predicted molar refractivity (Wildman–Crippen MR) is 69.4 cm³/mol. The van der Waals surface area contributed by atoms with E-state index in [1.165, 1.54) is 11.3 Å². The second-order valence-corrected chi connectivity index (χ2v) is 4.84. The van der Waals surface area contributed by atoms with Crippen molar-refractivity contribution in [2.75, 3.05) is 12.3 Å². The summed E-state index contributed by atoms with van der Waals surface area (Å²) in [6.45, 7) is 3.53. The van der Waals surface area contributed by atoms with Crippen molar-refractivity contribution in [2.45, 2.75) is 13.8 Å². The number of nitrogens with two attached hydrogens (primary N) is 1. The van der Waals surface area contributed by atoms with Crippen molar-refractivity contribution in [1.82, 2.24) is 4.98 Å². The number of fused-ring (bicyclic) bond motifs is 1. The lowest BCUT2D eigenvalue weighted by Crippen LogP contribution is -2.05. The summed E-state index contributed by atoms with van der Waals surface area (Å²) in [6, 6.07) is 3.66. The molecule has 0 aliphatic carbocycles. The number of hydrogen-bond acceptors (Lipinski definition) is 6. The van der Waals surface area contributed by atoms with Gasteiger partial charge in [-0.25, -0.2) is 9.78 Å². The summed E-state index contributed by atoms with van der Waals surface area (Å²) in [5, 5.41) is 9.17. The number of carbonyl (C=O) groups excluding carboxylic acids is 1. The summed E-state index contributed by atoms with van der Waals surface area (Å²) >= 11 is 1.19. The second kappa shape index (κ2) is 4.63. The number of nitriles is 1. The van der Waals surface area contributed by atoms with Crippen LogP contribution in [0, 0.1) is 25.2 Å². The van der Waals surface area contributed by atoms with Gasteiger partial charge in [0, 0.05) is 11.1 Å². The number of esters is 1. The van der Waals surface area contributed by atoms with Crippen molar-refractivity contribution in [3.8, 4) is 6.07 Å². The fourth-order valence-corrected chi connectivity index (χ4v) is 2.89. The normalized spacial score (nSPS) is 10.3. The number of hydrogen-bond donors (Lipinski definition) is 1. The van der Waals surface area contributed by atoms with Crippen LogP contribution in [0.25, 0.3) is 10.2 Å². The lowest BCUT2D eigenvalue weighted by molar-refractivity contribution is 0.0562. The maximum absolute atomic E-state index is 11.7. The third-order valence-corrected chi connectivity index (χ3v) is 3.56. The number of nitrogen functional groups attached to an aromatic ring is 1. The standard InChI is InChI=1S/C12H11N3O2S/c1-6-5-7(2)15-11-8(6)9(14)10(18-11)12(16)17-4-3-13/h5H,4,14H2,1-2H3. The van der Waals surface area contributed by atoms with Gasteiger partial charge in [-0.3, -0.25) is 0 Å². The third-order valence-electron chi connectivity index (χ3n) is 2.48. The quantitative estimate of drug-likeness (QED) is 0.837. The van der Waals surface area contributed by atoms with E-state index in [4.69, 9.17) is 15.7 Å². The van der Waals surface area contributed by atoms with Gasteiger partial charge in [-0.05, 0) is 25.5 Å². The average molecular weight is 261 g/mol. The molecule has 0 unspecified atom stereocenters. The number of carbonyl (C=O) groups is 1. The largest absolute Gasteiger partial charge is 0.446 e. The molecular formula is C12H11N3O2S. The summed E-state index contributed by atoms with van der Waals surface area (Å²) in [6.07, 6.45) is 0. The highest BCUT2D eigenvalue weighted by atomic mass is 32.1. The Kier molecular flexibility index (Phi) is 3.17. The van der Waals surface area contributed by atoms with E-state index in [0.717, 1.165) is 16.6 Å². The van der Waals surface area contributed by atoms with Gasteiger partial charge >= 0.3 is 5.97 Å². The highest BCUT2D eigenvalue weighted by Gasteiger charge is 2.19. The molecule has 0 spiro atoms. The zero-order valence-electron chi connectivity index (χ0n) is 9.98. The molecule has 0 bridgehead atoms. The average Bonchev–Trinajstić information content (AvgIpc) is 2.63. The van der Waals surface area contributed by atoms with E-state index in [0.29, 0.717) is 15.4 Å². The zero-order valence-corrected chi connectivity index (χ0v) is 10.8. The van der Waals surface area contributed by atoms with Gasteiger partial charge in [-0.1, -0.05) is 0 Å². The van der Waals surface area contributed by atoms with Crippen molar-refractivity contribution in [2.24, 2.45) is 0 Å². The molecule has 6 heteroatoms. The van der Waals surface area contributed by atoms with E-state index in [2.05, 4.69) is 4.98 Å². The third kappa shape index (κ3) is 2.00. The number of pyridine rings is 1. The molecule has 0 amide bonds. The molecule has 0 fully saturated rings. The molecule has 2 aromatic rings. The fourth-order valence-electron chi connectivity index (χ4n) is 1.78. The van der Waals surface area contributed by atoms with Gasteiger partial charge in [-0.2, -0.15) is 5.26 Å². The molecule has 0 aliphatic heterocycles. The Morgan fingerprint density at radius 3 is 3.00 bits per heavy atom. The van der Waals surface area contributed by atoms with Crippen molar-refractivity contribution in [3.05, 3.63) is 22.2 Å². The van der Waals surface area contributed by atoms with Gasteiger partial charge in [0.25, 0.3) is 0 Å². The second-order valence-electron chi connectivity index (χ2n) is 3.84. The molecule has 0 atom stereocenters. The van der Waals surface area contributed by atoms with Crippen molar-refractivity contribution in [1.29, 1.82) is 5.26 Å². The molecule has 2 heterocycles. The van der Waals surface area contributed by atoms with Crippen LogP contribution in [0.5, 0.6) is 0 Å². The first-order valence-electron chi connectivity index (χ1n) is 5.25. The van der Waals surface area contributed by atoms with Crippen LogP contribution in [0.2, 0.25) is 0 Å². The van der Waals surface area contributed by atoms with Gasteiger partial charge < -0.3 is 10.5 Å². The summed E-state index contributed by atoms with van der Waals surface area (Å²) in [5.41, 5.74) is 8.18. The molecule has 5 nitrogen and oxygen atoms in total. The Bertz CT molecular complexity index is 670. The highest BCUT2D eigenvalue weighted by molar-refractivity contribution is 7.21. The molecule has 0 radical (unpaired) electrons. The topological polar surface area (TPSA) is 89.0 Å². The van der Waals surface area contributed by atoms with Crippen molar-refractivity contribution < 1.29 is 9.53 Å². The number of rotatable bonds is 2. The molecule has 2 N–H and O–H groups in total. The van der Waals surface area contributed by atoms with Crippen molar-refractivity contribution >= 4 is 33.2 Å². The number of thiophene rings is 1. The van der Waals surface area contributed by atoms with Gasteiger partial charge in [0.2, 0.25) is 0 Å². The Hall–Kier alpha value is -2.13. The van der Waals surface area contributed by atoms with Crippen molar-refractivity contribution in [3.63, 3.8) is 0 Å². The van der Waals surface area contributed by atoms with E-state index in [-0.39, 0.29) is 6.61 Å². The number of anilines is 1. The number of aromatic nitrogens is 1. The van der Waals surface area contributed by atoms with Crippen LogP contribution in [0.4, 0.5) is 5.69 Å². The molecule has 0 aromatic carbocycles. The van der Waals surface area contributed by atoms with Crippen LogP contribution in [-0.2, 0) is 4.74 Å². The summed E-state index contributed by atoms with van der Waals surface area (Å²) in [4.78, 5) is 17.1. The molecule has 92 valence electrons. The maximum Gasteiger partial charge on any atom is 0.351 e. The lowest BCUT2D eigenvalue weighted by Gasteiger charge is -2.00. The molecule has 0 saturated carbocycles. The Labute approximate surface area is 108 Å². The summed E-state index contributed by atoms with van der Waals surface area (Å²) in [5.74, 6) is -0.575. The maximum atomic E-state index is 11.7. The van der Waals surface area contributed by atoms with Crippen LogP contribution in [0.3, 0.4) is 0 Å². The molecule has 2 aromatic heterocycles. The SMILES string of the molecule is Cc1cc(C)c2c(N)c(C(=O)OCC#N)sc2n1. The van der Waals surface area contributed by atoms with Gasteiger partial charge in [-0.15, -0.1) is 11.3 Å². The Balaban J connectivity index is 2.54. The van der Waals surface area contributed by atoms with E-state index in [1.807, 2.05) is 19.9 Å². The van der Waals surface area contributed by atoms with Crippen LogP contribution < -0.4 is 5.73 Å². The predicted octanol–water partition coefficient (Wildman–Crippen LogP) is 2.18. The van der Waals surface area contributed by atoms with Crippen LogP contribution >= 0.6 is 11.3 Å². The minimum atomic E-state index is -0.575. The molecule has 0 saturated heterocycles. The fraction of sp³-hybridized carbons (Fsp3) is 0.250. The molecule has 18 heavy (non-hydrogen) atoms. The van der Waals surface area contributed by atoms with Crippen LogP contribution in [0.15, 0.2) is 6.07 Å². The first-order valence-corrected chi connectivity index (χ1v) is 6.06. The smallest absolute Gasteiger partial charge is 0.351 e. The van der Waals surface area contributed by atoms with E-state index in [9.17, 15) is 4.79 Å². The van der Waals surface area contributed by atoms with Gasteiger partial charge in [0.1, 0.15) is 15.8 Å². The van der Waals surface area contributed by atoms with E-state index >= 15 is 0 Å². The number of nitrogens with zero attached hydrogens (tertiary/aromatic N) is 2. The monoisotopic (exact) mass is 261 g/mol. The minimum Gasteiger partial charge on any atom is -0.446 e. The Morgan fingerprint density at radius 1 is 1.61 bits per heavy atom. The van der Waals surface area contributed by atoms with Crippen LogP contribution in [-0.4, -0.2) is 17.6 Å². The lowest BCUT2D eigenvalue weighted by atomic mass is 10.1. The minimum absolute atomic E-state index is 0.280. The molecular weight excluding hydrogens is 250 g/mol. The highest BCUT2D eigenvalue weighted by Crippen LogP contribution is 2.35. The van der Waals surface area contributed by atoms with E-state index in [1.54, 1.807) is 6.07 Å². The number of aryl methyl sites for hydroxylation is 2. The number of ether oxygens (including phenoxy) is 1. The van der Waals surface area contributed by atoms with Gasteiger partial charge in [0.05, 0.1) is 5.69 Å². The first kappa shape index (κ1) is 12.3. The summed E-state index contributed by atoms with van der Waals surface area (Å²) in [7, 11) is 0. The van der Waals surface area contributed by atoms with Gasteiger partial charge in [0.15, 0.2) is 6.61 Å². The molecule has 2 rings (SSSR count). The van der Waals surface area contributed by atoms with E-state index < -0.39 is 5.97 Å². The zero-order chi connectivity index (χ0) is 13.3. The molecule has 0 aliphatic rings. The summed E-state index contributed by atoms with van der Waals surface area (Å²) < 4.78 is 4.76.